The van der Waals surface area contributed by atoms with Gasteiger partial charge in [-0.15, -0.1) is 0 Å². The minimum Gasteiger partial charge on any atom is -0.328 e. The average molecular weight is 207 g/mol. The molecule has 2 heteroatoms. The summed E-state index contributed by atoms with van der Waals surface area (Å²) in [7, 11) is 0. The quantitative estimate of drug-likeness (QED) is 0.810. The van der Waals surface area contributed by atoms with Crippen molar-refractivity contribution in [2.24, 2.45) is 5.73 Å². The second kappa shape index (κ2) is 4.31. The topological polar surface area (TPSA) is 26.0 Å². The van der Waals surface area contributed by atoms with E-state index in [9.17, 15) is 4.39 Å². The molecule has 1 aliphatic carbocycles. The first kappa shape index (κ1) is 10.6. The molecule has 2 rings (SSSR count). The first-order chi connectivity index (χ1) is 7.29. The maximum absolute atomic E-state index is 14.1. The number of benzene rings is 1. The summed E-state index contributed by atoms with van der Waals surface area (Å²) in [6, 6.07) is 10.0. The minimum atomic E-state index is -0.901. The van der Waals surface area contributed by atoms with E-state index in [1.165, 1.54) is 0 Å². The highest BCUT2D eigenvalue weighted by Gasteiger charge is 2.42. The van der Waals surface area contributed by atoms with Gasteiger partial charge in [-0.1, -0.05) is 43.2 Å². The molecule has 0 heterocycles. The highest BCUT2D eigenvalue weighted by atomic mass is 19.1. The zero-order valence-corrected chi connectivity index (χ0v) is 8.95. The van der Waals surface area contributed by atoms with Crippen LogP contribution < -0.4 is 5.73 Å². The van der Waals surface area contributed by atoms with Crippen LogP contribution in [0.5, 0.6) is 0 Å². The molecule has 0 radical (unpaired) electrons. The van der Waals surface area contributed by atoms with Gasteiger partial charge in [0.2, 0.25) is 0 Å². The van der Waals surface area contributed by atoms with Crippen molar-refractivity contribution in [1.29, 1.82) is 0 Å². The van der Waals surface area contributed by atoms with Crippen LogP contribution in [-0.2, 0) is 5.41 Å². The third kappa shape index (κ3) is 1.78. The van der Waals surface area contributed by atoms with E-state index in [0.29, 0.717) is 0 Å². The van der Waals surface area contributed by atoms with Crippen molar-refractivity contribution in [2.45, 2.75) is 37.3 Å². The molecule has 1 saturated carbocycles. The first-order valence-electron chi connectivity index (χ1n) is 5.69. The van der Waals surface area contributed by atoms with Crippen molar-refractivity contribution in [3.05, 3.63) is 35.9 Å². The van der Waals surface area contributed by atoms with Gasteiger partial charge in [0.05, 0.1) is 0 Å². The monoisotopic (exact) mass is 207 g/mol. The van der Waals surface area contributed by atoms with Crippen molar-refractivity contribution < 1.29 is 4.39 Å². The zero-order valence-electron chi connectivity index (χ0n) is 8.95. The van der Waals surface area contributed by atoms with Gasteiger partial charge < -0.3 is 5.73 Å². The van der Waals surface area contributed by atoms with Gasteiger partial charge in [0.15, 0.2) is 0 Å². The lowest BCUT2D eigenvalue weighted by atomic mass is 9.75. The molecule has 1 atom stereocenters. The highest BCUT2D eigenvalue weighted by Crippen LogP contribution is 2.44. The number of halogens is 1. The summed E-state index contributed by atoms with van der Waals surface area (Å²) in [5, 5.41) is 0. The van der Waals surface area contributed by atoms with Crippen molar-refractivity contribution in [3.63, 3.8) is 0 Å². The minimum absolute atomic E-state index is 0.134. The Kier molecular flexibility index (Phi) is 3.06. The smallest absolute Gasteiger partial charge is 0.122 e. The average Bonchev–Trinajstić information content (AvgIpc) is 2.79. The van der Waals surface area contributed by atoms with Crippen molar-refractivity contribution in [2.75, 3.05) is 6.54 Å². The molecule has 0 saturated heterocycles. The maximum Gasteiger partial charge on any atom is 0.122 e. The van der Waals surface area contributed by atoms with Crippen molar-refractivity contribution in [3.8, 4) is 0 Å². The summed E-state index contributed by atoms with van der Waals surface area (Å²) in [6.07, 6.45) is 3.22. The molecule has 15 heavy (non-hydrogen) atoms. The molecular formula is C13H18FN. The van der Waals surface area contributed by atoms with Crippen LogP contribution in [0.3, 0.4) is 0 Å². The fourth-order valence-corrected chi connectivity index (χ4v) is 2.78. The van der Waals surface area contributed by atoms with Crippen LogP contribution in [0.25, 0.3) is 0 Å². The van der Waals surface area contributed by atoms with Crippen LogP contribution in [0.2, 0.25) is 0 Å². The molecule has 0 spiro atoms. The Balaban J connectivity index is 2.35. The van der Waals surface area contributed by atoms with Gasteiger partial charge in [-0.3, -0.25) is 0 Å². The van der Waals surface area contributed by atoms with E-state index < -0.39 is 6.17 Å². The number of hydrogen-bond acceptors (Lipinski definition) is 1. The third-order valence-electron chi connectivity index (χ3n) is 3.65. The van der Waals surface area contributed by atoms with Crippen LogP contribution in [0.15, 0.2) is 30.3 Å². The second-order valence-corrected chi connectivity index (χ2v) is 4.43. The molecule has 2 N–H and O–H groups in total. The molecule has 0 aromatic heterocycles. The van der Waals surface area contributed by atoms with Crippen LogP contribution in [0, 0.1) is 0 Å². The van der Waals surface area contributed by atoms with E-state index in [0.717, 1.165) is 31.2 Å². The molecule has 0 amide bonds. The standard InChI is InChI=1S/C13H18FN/c14-12(10-15)13(8-4-5-9-13)11-6-2-1-3-7-11/h1-3,6-7,12H,4-5,8-10,15H2. The van der Waals surface area contributed by atoms with Gasteiger partial charge in [-0.25, -0.2) is 4.39 Å². The second-order valence-electron chi connectivity index (χ2n) is 4.43. The Labute approximate surface area is 90.5 Å². The fraction of sp³-hybridized carbons (Fsp3) is 0.538. The van der Waals surface area contributed by atoms with Crippen molar-refractivity contribution >= 4 is 0 Å². The number of rotatable bonds is 3. The van der Waals surface area contributed by atoms with E-state index in [1.54, 1.807) is 0 Å². The first-order valence-corrected chi connectivity index (χ1v) is 5.69. The number of hydrogen-bond donors (Lipinski definition) is 1. The molecule has 1 fully saturated rings. The maximum atomic E-state index is 14.1. The van der Waals surface area contributed by atoms with E-state index in [4.69, 9.17) is 5.73 Å². The van der Waals surface area contributed by atoms with Gasteiger partial charge in [0.1, 0.15) is 6.17 Å². The van der Waals surface area contributed by atoms with E-state index in [-0.39, 0.29) is 12.0 Å². The molecular weight excluding hydrogens is 189 g/mol. The van der Waals surface area contributed by atoms with Gasteiger partial charge in [-0.2, -0.15) is 0 Å². The van der Waals surface area contributed by atoms with E-state index >= 15 is 0 Å². The molecule has 0 aliphatic heterocycles. The molecule has 1 aromatic rings. The molecule has 1 unspecified atom stereocenters. The van der Waals surface area contributed by atoms with E-state index in [1.807, 2.05) is 30.3 Å². The lowest BCUT2D eigenvalue weighted by molar-refractivity contribution is 0.194. The van der Waals surface area contributed by atoms with Crippen LogP contribution in [0.1, 0.15) is 31.2 Å². The molecule has 1 aliphatic rings. The number of alkyl halides is 1. The lowest BCUT2D eigenvalue weighted by Gasteiger charge is -2.32. The predicted octanol–water partition coefficient (Wildman–Crippen LogP) is 2.80. The van der Waals surface area contributed by atoms with Gasteiger partial charge in [0, 0.05) is 12.0 Å². The summed E-state index contributed by atoms with van der Waals surface area (Å²) < 4.78 is 14.1. The predicted molar refractivity (Wildman–Crippen MR) is 60.5 cm³/mol. The Morgan fingerprint density at radius 3 is 2.33 bits per heavy atom. The normalized spacial score (nSPS) is 21.5. The zero-order chi connectivity index (χ0) is 10.7. The highest BCUT2D eigenvalue weighted by molar-refractivity contribution is 5.28. The SMILES string of the molecule is NCC(F)C1(c2ccccc2)CCCC1. The summed E-state index contributed by atoms with van der Waals surface area (Å²) in [5.74, 6) is 0. The summed E-state index contributed by atoms with van der Waals surface area (Å²) in [6.45, 7) is 0.134. The number of nitrogens with two attached hydrogens (primary N) is 1. The summed E-state index contributed by atoms with van der Waals surface area (Å²) in [5.41, 5.74) is 6.33. The van der Waals surface area contributed by atoms with Gasteiger partial charge in [-0.05, 0) is 18.4 Å². The van der Waals surface area contributed by atoms with Crippen LogP contribution >= 0.6 is 0 Å². The molecule has 0 bridgehead atoms. The molecule has 1 nitrogen and oxygen atoms in total. The van der Waals surface area contributed by atoms with Gasteiger partial charge in [0.25, 0.3) is 0 Å². The Morgan fingerprint density at radius 1 is 1.20 bits per heavy atom. The van der Waals surface area contributed by atoms with Crippen LogP contribution in [-0.4, -0.2) is 12.7 Å². The Morgan fingerprint density at radius 2 is 1.80 bits per heavy atom. The van der Waals surface area contributed by atoms with Gasteiger partial charge >= 0.3 is 0 Å². The molecule has 1 aromatic carbocycles. The third-order valence-corrected chi connectivity index (χ3v) is 3.65. The largest absolute Gasteiger partial charge is 0.328 e. The lowest BCUT2D eigenvalue weighted by Crippen LogP contribution is -2.39. The Hall–Kier alpha value is -0.890. The fourth-order valence-electron chi connectivity index (χ4n) is 2.78. The van der Waals surface area contributed by atoms with E-state index in [2.05, 4.69) is 0 Å². The summed E-state index contributed by atoms with van der Waals surface area (Å²) >= 11 is 0. The molecule has 82 valence electrons. The summed E-state index contributed by atoms with van der Waals surface area (Å²) in [4.78, 5) is 0. The van der Waals surface area contributed by atoms with Crippen molar-refractivity contribution in [1.82, 2.24) is 0 Å². The van der Waals surface area contributed by atoms with Crippen LogP contribution in [0.4, 0.5) is 4.39 Å². The Bertz CT molecular complexity index is 304.